The van der Waals surface area contributed by atoms with Gasteiger partial charge in [0.05, 0.1) is 5.56 Å². The number of amides is 1. The van der Waals surface area contributed by atoms with E-state index in [9.17, 15) is 4.79 Å². The van der Waals surface area contributed by atoms with Crippen LogP contribution in [0.3, 0.4) is 0 Å². The van der Waals surface area contributed by atoms with Gasteiger partial charge in [0.1, 0.15) is 5.52 Å². The van der Waals surface area contributed by atoms with Crippen molar-refractivity contribution in [2.45, 2.75) is 6.54 Å². The second kappa shape index (κ2) is 5.85. The number of hydrogen-bond acceptors (Lipinski definition) is 4. The molecule has 5 nitrogen and oxygen atoms in total. The highest BCUT2D eigenvalue weighted by Crippen LogP contribution is 2.10. The lowest BCUT2D eigenvalue weighted by Gasteiger charge is -2.06. The molecule has 0 aliphatic rings. The summed E-state index contributed by atoms with van der Waals surface area (Å²) < 4.78 is 0. The molecule has 3 aromatic rings. The number of benzene rings is 1. The van der Waals surface area contributed by atoms with Crippen molar-refractivity contribution in [1.29, 1.82) is 0 Å². The summed E-state index contributed by atoms with van der Waals surface area (Å²) in [4.78, 5) is 24.4. The third-order valence-electron chi connectivity index (χ3n) is 2.95. The Morgan fingerprint density at radius 3 is 2.67 bits per heavy atom. The molecule has 0 radical (unpaired) electrons. The van der Waals surface area contributed by atoms with Crippen molar-refractivity contribution >= 4 is 28.7 Å². The Kier molecular flexibility index (Phi) is 3.75. The minimum absolute atomic E-state index is 0.204. The Morgan fingerprint density at radius 2 is 1.86 bits per heavy atom. The second-order valence-corrected chi connectivity index (χ2v) is 4.87. The van der Waals surface area contributed by atoms with Crippen molar-refractivity contribution in [2.75, 3.05) is 0 Å². The van der Waals surface area contributed by atoms with E-state index in [-0.39, 0.29) is 5.91 Å². The van der Waals surface area contributed by atoms with Crippen LogP contribution in [0.4, 0.5) is 0 Å². The maximum absolute atomic E-state index is 12.1. The van der Waals surface area contributed by atoms with Gasteiger partial charge in [0, 0.05) is 30.2 Å². The molecule has 104 valence electrons. The Labute approximate surface area is 126 Å². The highest BCUT2D eigenvalue weighted by molar-refractivity contribution is 6.30. The Bertz CT molecular complexity index is 789. The van der Waals surface area contributed by atoms with Gasteiger partial charge in [-0.3, -0.25) is 9.78 Å². The van der Waals surface area contributed by atoms with Crippen molar-refractivity contribution in [3.63, 3.8) is 0 Å². The van der Waals surface area contributed by atoms with E-state index in [0.717, 1.165) is 5.56 Å². The third kappa shape index (κ3) is 3.14. The maximum atomic E-state index is 12.1. The number of rotatable bonds is 3. The molecule has 0 aliphatic carbocycles. The molecule has 0 fully saturated rings. The number of halogens is 1. The molecule has 0 saturated heterocycles. The number of fused-ring (bicyclic) bond motifs is 1. The van der Waals surface area contributed by atoms with Gasteiger partial charge < -0.3 is 5.32 Å². The zero-order chi connectivity index (χ0) is 14.7. The van der Waals surface area contributed by atoms with Crippen molar-refractivity contribution in [1.82, 2.24) is 20.3 Å². The zero-order valence-corrected chi connectivity index (χ0v) is 11.7. The number of nitrogens with zero attached hydrogens (tertiary/aromatic N) is 3. The first-order valence-corrected chi connectivity index (χ1v) is 6.69. The van der Waals surface area contributed by atoms with Crippen LogP contribution >= 0.6 is 11.6 Å². The first-order valence-electron chi connectivity index (χ1n) is 6.32. The molecule has 6 heteroatoms. The standard InChI is InChI=1S/C15H11ClN4O/c16-12-3-1-10(2-4-12)8-20-15(21)11-7-13-14(19-9-11)18-6-5-17-13/h1-7,9H,8H2,(H,20,21). The number of carbonyl (C=O) groups excluding carboxylic acids is 1. The van der Waals surface area contributed by atoms with Gasteiger partial charge in [-0.2, -0.15) is 0 Å². The number of hydrogen-bond donors (Lipinski definition) is 1. The van der Waals surface area contributed by atoms with Gasteiger partial charge in [0.25, 0.3) is 5.91 Å². The number of nitrogens with one attached hydrogen (secondary N) is 1. The molecular formula is C15H11ClN4O. The lowest BCUT2D eigenvalue weighted by Crippen LogP contribution is -2.22. The molecule has 21 heavy (non-hydrogen) atoms. The largest absolute Gasteiger partial charge is 0.348 e. The Hall–Kier alpha value is -2.53. The summed E-state index contributed by atoms with van der Waals surface area (Å²) in [7, 11) is 0. The molecule has 0 bridgehead atoms. The van der Waals surface area contributed by atoms with Crippen molar-refractivity contribution in [3.8, 4) is 0 Å². The molecule has 3 rings (SSSR count). The van der Waals surface area contributed by atoms with Gasteiger partial charge >= 0.3 is 0 Å². The summed E-state index contributed by atoms with van der Waals surface area (Å²) in [6.45, 7) is 0.425. The Balaban J connectivity index is 1.73. The molecule has 0 atom stereocenters. The summed E-state index contributed by atoms with van der Waals surface area (Å²) in [6, 6.07) is 8.98. The highest BCUT2D eigenvalue weighted by atomic mass is 35.5. The van der Waals surface area contributed by atoms with E-state index in [1.807, 2.05) is 12.1 Å². The van der Waals surface area contributed by atoms with Gasteiger partial charge in [-0.05, 0) is 23.8 Å². The molecule has 0 spiro atoms. The van der Waals surface area contributed by atoms with E-state index in [0.29, 0.717) is 28.3 Å². The van der Waals surface area contributed by atoms with Crippen LogP contribution in [0.1, 0.15) is 15.9 Å². The lowest BCUT2D eigenvalue weighted by molar-refractivity contribution is 0.0950. The predicted molar refractivity (Wildman–Crippen MR) is 80.0 cm³/mol. The second-order valence-electron chi connectivity index (χ2n) is 4.43. The molecule has 1 N–H and O–H groups in total. The highest BCUT2D eigenvalue weighted by Gasteiger charge is 2.08. The van der Waals surface area contributed by atoms with E-state index in [1.165, 1.54) is 6.20 Å². The summed E-state index contributed by atoms with van der Waals surface area (Å²) in [5, 5.41) is 3.50. The van der Waals surface area contributed by atoms with Crippen molar-refractivity contribution in [2.24, 2.45) is 0 Å². The van der Waals surface area contributed by atoms with Gasteiger partial charge in [-0.1, -0.05) is 23.7 Å². The zero-order valence-electron chi connectivity index (χ0n) is 11.0. The molecular weight excluding hydrogens is 288 g/mol. The SMILES string of the molecule is O=C(NCc1ccc(Cl)cc1)c1cnc2nccnc2c1. The number of carbonyl (C=O) groups is 1. The van der Waals surface area contributed by atoms with E-state index in [4.69, 9.17) is 11.6 Å². The van der Waals surface area contributed by atoms with E-state index < -0.39 is 0 Å². The molecule has 1 aromatic carbocycles. The lowest BCUT2D eigenvalue weighted by atomic mass is 10.2. The summed E-state index contributed by atoms with van der Waals surface area (Å²) >= 11 is 5.82. The Morgan fingerprint density at radius 1 is 1.10 bits per heavy atom. The minimum atomic E-state index is -0.204. The first kappa shape index (κ1) is 13.5. The van der Waals surface area contributed by atoms with Crippen LogP contribution in [0.15, 0.2) is 48.9 Å². The fraction of sp³-hybridized carbons (Fsp3) is 0.0667. The fourth-order valence-electron chi connectivity index (χ4n) is 1.87. The van der Waals surface area contributed by atoms with Gasteiger partial charge in [0.15, 0.2) is 5.65 Å². The molecule has 0 aliphatic heterocycles. The average molecular weight is 299 g/mol. The molecule has 0 unspecified atom stereocenters. The molecule has 2 aromatic heterocycles. The monoisotopic (exact) mass is 298 g/mol. The topological polar surface area (TPSA) is 67.8 Å². The van der Waals surface area contributed by atoms with Crippen LogP contribution in [0.25, 0.3) is 11.2 Å². The van der Waals surface area contributed by atoms with Crippen LogP contribution in [-0.2, 0) is 6.54 Å². The molecule has 1 amide bonds. The van der Waals surface area contributed by atoms with Gasteiger partial charge in [-0.25, -0.2) is 9.97 Å². The van der Waals surface area contributed by atoms with Crippen molar-refractivity contribution < 1.29 is 4.79 Å². The number of aromatic nitrogens is 3. The minimum Gasteiger partial charge on any atom is -0.348 e. The quantitative estimate of drug-likeness (QED) is 0.807. The number of pyridine rings is 1. The third-order valence-corrected chi connectivity index (χ3v) is 3.20. The first-order chi connectivity index (χ1) is 10.2. The van der Waals surface area contributed by atoms with Crippen LogP contribution < -0.4 is 5.32 Å². The average Bonchev–Trinajstić information content (AvgIpc) is 2.53. The summed E-state index contributed by atoms with van der Waals surface area (Å²) in [6.07, 6.45) is 4.63. The fourth-order valence-corrected chi connectivity index (χ4v) is 1.99. The van der Waals surface area contributed by atoms with E-state index >= 15 is 0 Å². The summed E-state index contributed by atoms with van der Waals surface area (Å²) in [5.41, 5.74) is 2.54. The van der Waals surface area contributed by atoms with E-state index in [2.05, 4.69) is 20.3 Å². The van der Waals surface area contributed by atoms with Crippen LogP contribution in [0.5, 0.6) is 0 Å². The molecule has 2 heterocycles. The molecule has 0 saturated carbocycles. The normalized spacial score (nSPS) is 10.5. The predicted octanol–water partition coefficient (Wildman–Crippen LogP) is 2.61. The summed E-state index contributed by atoms with van der Waals surface area (Å²) in [5.74, 6) is -0.204. The van der Waals surface area contributed by atoms with Crippen molar-refractivity contribution in [3.05, 3.63) is 65.1 Å². The smallest absolute Gasteiger partial charge is 0.253 e. The van der Waals surface area contributed by atoms with Gasteiger partial charge in [-0.15, -0.1) is 0 Å². The van der Waals surface area contributed by atoms with Crippen LogP contribution in [0, 0.1) is 0 Å². The van der Waals surface area contributed by atoms with Crippen LogP contribution in [0.2, 0.25) is 5.02 Å². The maximum Gasteiger partial charge on any atom is 0.253 e. The van der Waals surface area contributed by atoms with E-state index in [1.54, 1.807) is 30.6 Å². The van der Waals surface area contributed by atoms with Crippen LogP contribution in [-0.4, -0.2) is 20.9 Å². The van der Waals surface area contributed by atoms with Gasteiger partial charge in [0.2, 0.25) is 0 Å².